The Morgan fingerprint density at radius 2 is 1.78 bits per heavy atom. The number of amides is 2. The lowest BCUT2D eigenvalue weighted by Gasteiger charge is -2.17. The first-order valence-corrected chi connectivity index (χ1v) is 13.6. The van der Waals surface area contributed by atoms with Crippen LogP contribution in [0.1, 0.15) is 36.5 Å². The SMILES string of the molecule is CC#CC(=O)Nc1cc2c(Oc3ccc(C(=O)Nc4ccccn4)cc3)ccnc2cc1OCCCN1CCCC1. The lowest BCUT2D eigenvalue weighted by molar-refractivity contribution is -0.111. The minimum atomic E-state index is -0.431. The highest BCUT2D eigenvalue weighted by atomic mass is 16.5. The summed E-state index contributed by atoms with van der Waals surface area (Å²) in [5, 5.41) is 6.29. The molecule has 1 saturated heterocycles. The molecule has 0 bridgehead atoms. The van der Waals surface area contributed by atoms with Crippen molar-refractivity contribution in [2.75, 3.05) is 36.9 Å². The summed E-state index contributed by atoms with van der Waals surface area (Å²) in [5.41, 5.74) is 1.62. The van der Waals surface area contributed by atoms with E-state index in [2.05, 4.69) is 37.3 Å². The molecule has 9 heteroatoms. The second-order valence-electron chi connectivity index (χ2n) is 9.55. The van der Waals surface area contributed by atoms with E-state index >= 15 is 0 Å². The van der Waals surface area contributed by atoms with Crippen molar-refractivity contribution in [3.63, 3.8) is 0 Å². The first kappa shape index (κ1) is 27.6. The number of nitrogens with zero attached hydrogens (tertiary/aromatic N) is 3. The van der Waals surface area contributed by atoms with Crippen LogP contribution in [-0.4, -0.2) is 52.9 Å². The normalized spacial score (nSPS) is 12.8. The number of benzene rings is 2. The average molecular weight is 550 g/mol. The second kappa shape index (κ2) is 13.4. The Kier molecular flexibility index (Phi) is 9.04. The molecule has 208 valence electrons. The van der Waals surface area contributed by atoms with Gasteiger partial charge in [0.2, 0.25) is 0 Å². The van der Waals surface area contributed by atoms with Gasteiger partial charge in [0.1, 0.15) is 23.1 Å². The van der Waals surface area contributed by atoms with Gasteiger partial charge in [0, 0.05) is 36.0 Å². The van der Waals surface area contributed by atoms with Gasteiger partial charge >= 0.3 is 0 Å². The number of ether oxygens (including phenoxy) is 2. The summed E-state index contributed by atoms with van der Waals surface area (Å²) in [6.45, 7) is 5.39. The molecule has 0 spiro atoms. The molecule has 0 aliphatic carbocycles. The number of hydrogen-bond donors (Lipinski definition) is 2. The fourth-order valence-corrected chi connectivity index (χ4v) is 4.62. The monoisotopic (exact) mass is 549 g/mol. The summed E-state index contributed by atoms with van der Waals surface area (Å²) in [5.74, 6) is 6.51. The largest absolute Gasteiger partial charge is 0.491 e. The summed E-state index contributed by atoms with van der Waals surface area (Å²) in [6.07, 6.45) is 6.66. The minimum absolute atomic E-state index is 0.270. The second-order valence-corrected chi connectivity index (χ2v) is 9.55. The van der Waals surface area contributed by atoms with Crippen LogP contribution in [0, 0.1) is 11.8 Å². The van der Waals surface area contributed by atoms with Crippen LogP contribution in [-0.2, 0) is 4.79 Å². The predicted molar refractivity (Wildman–Crippen MR) is 158 cm³/mol. The van der Waals surface area contributed by atoms with Crippen molar-refractivity contribution in [2.45, 2.75) is 26.2 Å². The van der Waals surface area contributed by atoms with Crippen molar-refractivity contribution < 1.29 is 19.1 Å². The van der Waals surface area contributed by atoms with Crippen LogP contribution in [0.25, 0.3) is 10.9 Å². The average Bonchev–Trinajstić information content (AvgIpc) is 3.50. The summed E-state index contributed by atoms with van der Waals surface area (Å²) in [6, 6.07) is 17.4. The van der Waals surface area contributed by atoms with E-state index in [4.69, 9.17) is 9.47 Å². The zero-order valence-electron chi connectivity index (χ0n) is 22.9. The molecule has 41 heavy (non-hydrogen) atoms. The van der Waals surface area contributed by atoms with Gasteiger partial charge in [-0.3, -0.25) is 14.6 Å². The van der Waals surface area contributed by atoms with Crippen LogP contribution in [0.5, 0.6) is 17.2 Å². The van der Waals surface area contributed by atoms with Crippen LogP contribution in [0.4, 0.5) is 11.5 Å². The molecule has 1 aliphatic rings. The molecule has 0 saturated carbocycles. The van der Waals surface area contributed by atoms with Crippen molar-refractivity contribution in [1.82, 2.24) is 14.9 Å². The van der Waals surface area contributed by atoms with Crippen LogP contribution >= 0.6 is 0 Å². The third-order valence-corrected chi connectivity index (χ3v) is 6.62. The van der Waals surface area contributed by atoms with Crippen LogP contribution < -0.4 is 20.1 Å². The van der Waals surface area contributed by atoms with E-state index in [0.29, 0.717) is 51.8 Å². The van der Waals surface area contributed by atoms with Crippen molar-refractivity contribution in [3.8, 4) is 29.1 Å². The Balaban J connectivity index is 1.33. The van der Waals surface area contributed by atoms with Gasteiger partial charge in [0.05, 0.1) is 17.8 Å². The number of rotatable bonds is 10. The summed E-state index contributed by atoms with van der Waals surface area (Å²) in [7, 11) is 0. The van der Waals surface area contributed by atoms with Crippen LogP contribution in [0.2, 0.25) is 0 Å². The van der Waals surface area contributed by atoms with Gasteiger partial charge in [-0.25, -0.2) is 4.98 Å². The molecular weight excluding hydrogens is 518 g/mol. The van der Waals surface area contributed by atoms with E-state index in [1.54, 1.807) is 80.0 Å². The number of carbonyl (C=O) groups is 2. The summed E-state index contributed by atoms with van der Waals surface area (Å²) in [4.78, 5) is 36.0. The fraction of sp³-hybridized carbons (Fsp3) is 0.250. The Bertz CT molecular complexity index is 1570. The van der Waals surface area contributed by atoms with E-state index in [-0.39, 0.29) is 5.91 Å². The summed E-state index contributed by atoms with van der Waals surface area (Å²) < 4.78 is 12.3. The van der Waals surface area contributed by atoms with Gasteiger partial charge in [-0.15, -0.1) is 0 Å². The molecule has 4 aromatic rings. The number of likely N-dealkylation sites (tertiary alicyclic amines) is 1. The number of nitrogens with one attached hydrogen (secondary N) is 2. The molecule has 2 aromatic carbocycles. The van der Waals surface area contributed by atoms with Gasteiger partial charge in [-0.2, -0.15) is 0 Å². The van der Waals surface area contributed by atoms with Crippen molar-refractivity contribution in [2.24, 2.45) is 0 Å². The smallest absolute Gasteiger partial charge is 0.300 e. The molecule has 2 N–H and O–H groups in total. The standard InChI is InChI=1S/C32H31N5O4/c1-2-8-31(38)35-27-21-25-26(22-29(27)40-20-7-19-37-17-5-6-18-37)33-16-14-28(25)41-24-12-10-23(11-13-24)32(39)36-30-9-3-4-15-34-30/h3-4,9-16,21-22H,5-7,17-20H2,1H3,(H,35,38)(H,34,36,39). The quantitative estimate of drug-likeness (QED) is 0.199. The first-order chi connectivity index (χ1) is 20.1. The van der Waals surface area contributed by atoms with E-state index in [1.807, 2.05) is 0 Å². The maximum atomic E-state index is 12.6. The highest BCUT2D eigenvalue weighted by Crippen LogP contribution is 2.36. The number of carbonyl (C=O) groups excluding carboxylic acids is 2. The van der Waals surface area contributed by atoms with Crippen molar-refractivity contribution in [1.29, 1.82) is 0 Å². The van der Waals surface area contributed by atoms with E-state index in [0.717, 1.165) is 26.1 Å². The third-order valence-electron chi connectivity index (χ3n) is 6.62. The van der Waals surface area contributed by atoms with Gasteiger partial charge in [0.25, 0.3) is 11.8 Å². The predicted octanol–water partition coefficient (Wildman–Crippen LogP) is 5.50. The Labute approximate surface area is 238 Å². The van der Waals surface area contributed by atoms with Crippen molar-refractivity contribution >= 4 is 34.2 Å². The lowest BCUT2D eigenvalue weighted by Crippen LogP contribution is -2.22. The fourth-order valence-electron chi connectivity index (χ4n) is 4.62. The molecule has 3 heterocycles. The molecule has 0 unspecified atom stereocenters. The molecule has 9 nitrogen and oxygen atoms in total. The molecule has 5 rings (SSSR count). The maximum Gasteiger partial charge on any atom is 0.300 e. The first-order valence-electron chi connectivity index (χ1n) is 13.6. The van der Waals surface area contributed by atoms with Gasteiger partial charge in [-0.05, 0) is 93.7 Å². The highest BCUT2D eigenvalue weighted by molar-refractivity contribution is 6.06. The van der Waals surface area contributed by atoms with E-state index in [1.165, 1.54) is 12.8 Å². The minimum Gasteiger partial charge on any atom is -0.491 e. The van der Waals surface area contributed by atoms with Gasteiger partial charge in [-0.1, -0.05) is 12.0 Å². The lowest BCUT2D eigenvalue weighted by atomic mass is 10.1. The molecule has 1 aliphatic heterocycles. The molecular formula is C32H31N5O4. The van der Waals surface area contributed by atoms with Crippen molar-refractivity contribution in [3.05, 3.63) is 78.6 Å². The zero-order chi connectivity index (χ0) is 28.4. The number of hydrogen-bond acceptors (Lipinski definition) is 7. The third kappa shape index (κ3) is 7.38. The molecule has 2 amide bonds. The van der Waals surface area contributed by atoms with E-state index < -0.39 is 5.91 Å². The summed E-state index contributed by atoms with van der Waals surface area (Å²) >= 11 is 0. The Morgan fingerprint density at radius 3 is 2.54 bits per heavy atom. The molecule has 1 fully saturated rings. The number of fused-ring (bicyclic) bond motifs is 1. The highest BCUT2D eigenvalue weighted by Gasteiger charge is 2.15. The molecule has 2 aromatic heterocycles. The molecule has 0 atom stereocenters. The number of pyridine rings is 2. The van der Waals surface area contributed by atoms with Crippen LogP contribution in [0.15, 0.2) is 73.1 Å². The van der Waals surface area contributed by atoms with Gasteiger partial charge in [0.15, 0.2) is 0 Å². The number of aromatic nitrogens is 2. The van der Waals surface area contributed by atoms with E-state index in [9.17, 15) is 9.59 Å². The Hall–Kier alpha value is -4.94. The van der Waals surface area contributed by atoms with Crippen LogP contribution in [0.3, 0.4) is 0 Å². The topological polar surface area (TPSA) is 106 Å². The maximum absolute atomic E-state index is 12.6. The zero-order valence-corrected chi connectivity index (χ0v) is 22.9. The van der Waals surface area contributed by atoms with Gasteiger partial charge < -0.3 is 25.0 Å². The molecule has 0 radical (unpaired) electrons. The number of anilines is 2. The Morgan fingerprint density at radius 1 is 0.951 bits per heavy atom.